The highest BCUT2D eigenvalue weighted by atomic mass is 19.4. The Bertz CT molecular complexity index is 717. The number of nitro benzene ring substituents is 1. The van der Waals surface area contributed by atoms with Crippen molar-refractivity contribution < 1.29 is 27.6 Å². The van der Waals surface area contributed by atoms with Gasteiger partial charge in [0.2, 0.25) is 5.84 Å². The summed E-state index contributed by atoms with van der Waals surface area (Å²) in [5, 5.41) is 17.8. The molecule has 1 aliphatic rings. The van der Waals surface area contributed by atoms with Gasteiger partial charge < -0.3 is 9.47 Å². The number of methoxy groups -OCH3 is 2. The van der Waals surface area contributed by atoms with E-state index in [2.05, 4.69) is 15.6 Å². The number of benzene rings is 1. The van der Waals surface area contributed by atoms with Gasteiger partial charge in [0.15, 0.2) is 11.5 Å². The largest absolute Gasteiger partial charge is 0.493 e. The summed E-state index contributed by atoms with van der Waals surface area (Å²) in [5.74, 6) is -0.949. The van der Waals surface area contributed by atoms with E-state index >= 15 is 0 Å². The fourth-order valence-corrected chi connectivity index (χ4v) is 1.90. The Morgan fingerprint density at radius 1 is 1.17 bits per heavy atom. The summed E-state index contributed by atoms with van der Waals surface area (Å²) in [7, 11) is 2.68. The molecule has 0 amide bonds. The molecular weight excluding hydrogens is 335 g/mol. The second kappa shape index (κ2) is 6.60. The number of alkyl halides is 3. The van der Waals surface area contributed by atoms with E-state index in [1.165, 1.54) is 20.3 Å². The van der Waals surface area contributed by atoms with Crippen molar-refractivity contribution in [1.29, 1.82) is 0 Å². The Labute approximate surface area is 133 Å². The van der Waals surface area contributed by atoms with Crippen LogP contribution < -0.4 is 20.3 Å². The molecule has 1 aromatic carbocycles. The van der Waals surface area contributed by atoms with E-state index in [1.54, 1.807) is 5.43 Å². The topological polar surface area (TPSA) is 110 Å². The molecule has 0 unspecified atom stereocenters. The molecule has 1 aromatic rings. The maximum atomic E-state index is 12.4. The van der Waals surface area contributed by atoms with E-state index < -0.39 is 16.9 Å². The van der Waals surface area contributed by atoms with Gasteiger partial charge in [0.1, 0.15) is 5.84 Å². The number of amidine groups is 2. The molecule has 0 saturated heterocycles. The third kappa shape index (κ3) is 3.64. The van der Waals surface area contributed by atoms with Crippen LogP contribution in [-0.4, -0.2) is 37.0 Å². The summed E-state index contributed by atoms with van der Waals surface area (Å²) in [4.78, 5) is 10.5. The maximum absolute atomic E-state index is 12.4. The average Bonchev–Trinajstić information content (AvgIpc) is 2.53. The second-order valence-electron chi connectivity index (χ2n) is 4.51. The van der Waals surface area contributed by atoms with Crippen LogP contribution in [0.4, 0.5) is 18.9 Å². The summed E-state index contributed by atoms with van der Waals surface area (Å²) < 4.78 is 47.3. The molecule has 0 fully saturated rings. The second-order valence-corrected chi connectivity index (χ2v) is 4.51. The van der Waals surface area contributed by atoms with Gasteiger partial charge in [0.05, 0.1) is 25.2 Å². The lowest BCUT2D eigenvalue weighted by molar-refractivity contribution is -0.385. The quantitative estimate of drug-likeness (QED) is 0.617. The maximum Gasteiger partial charge on any atom is 0.452 e. The van der Waals surface area contributed by atoms with Crippen molar-refractivity contribution in [2.75, 3.05) is 14.2 Å². The molecule has 1 heterocycles. The van der Waals surface area contributed by atoms with Gasteiger partial charge in [-0.05, 0) is 6.07 Å². The van der Waals surface area contributed by atoms with Crippen molar-refractivity contribution in [3.8, 4) is 11.5 Å². The Kier molecular flexibility index (Phi) is 4.76. The predicted molar refractivity (Wildman–Crippen MR) is 77.1 cm³/mol. The first-order chi connectivity index (χ1) is 11.3. The van der Waals surface area contributed by atoms with Crippen LogP contribution in [0.5, 0.6) is 11.5 Å². The summed E-state index contributed by atoms with van der Waals surface area (Å²) in [6, 6.07) is 2.51. The predicted octanol–water partition coefficient (Wildman–Crippen LogP) is 1.54. The summed E-state index contributed by atoms with van der Waals surface area (Å²) >= 11 is 0. The standard InChI is InChI=1S/C12H12F3N5O4/c1-23-8-3-6(7(20(21)22)5-9(8)24-2)4-10-16-18-11(19-17-10)12(13,14)15/h3,5H,4H2,1-2H3,(H,16,17)(H,18,19). The van der Waals surface area contributed by atoms with E-state index in [1.807, 2.05) is 0 Å². The molecule has 0 aliphatic carbocycles. The van der Waals surface area contributed by atoms with Gasteiger partial charge >= 0.3 is 6.18 Å². The first-order valence-electron chi connectivity index (χ1n) is 6.39. The highest BCUT2D eigenvalue weighted by molar-refractivity contribution is 5.94. The zero-order valence-electron chi connectivity index (χ0n) is 12.5. The van der Waals surface area contributed by atoms with Gasteiger partial charge in [-0.2, -0.15) is 18.3 Å². The molecule has 0 saturated carbocycles. The number of nitrogens with zero attached hydrogens (tertiary/aromatic N) is 3. The number of nitro groups is 1. The fraction of sp³-hybridized carbons (Fsp3) is 0.333. The van der Waals surface area contributed by atoms with Crippen molar-refractivity contribution in [2.45, 2.75) is 12.6 Å². The van der Waals surface area contributed by atoms with E-state index in [4.69, 9.17) is 9.47 Å². The lowest BCUT2D eigenvalue weighted by atomic mass is 10.1. The van der Waals surface area contributed by atoms with E-state index in [0.717, 1.165) is 6.07 Å². The van der Waals surface area contributed by atoms with Crippen LogP contribution in [0.15, 0.2) is 22.3 Å². The number of hydrogen-bond donors (Lipinski definition) is 2. The van der Waals surface area contributed by atoms with Gasteiger partial charge in [-0.25, -0.2) is 0 Å². The summed E-state index contributed by atoms with van der Waals surface area (Å²) in [5.41, 5.74) is 3.75. The highest BCUT2D eigenvalue weighted by Crippen LogP contribution is 2.34. The lowest BCUT2D eigenvalue weighted by Crippen LogP contribution is -2.42. The van der Waals surface area contributed by atoms with Crippen molar-refractivity contribution in [2.24, 2.45) is 10.2 Å². The van der Waals surface area contributed by atoms with E-state index in [9.17, 15) is 23.3 Å². The van der Waals surface area contributed by atoms with Crippen LogP contribution in [0.25, 0.3) is 0 Å². The molecule has 0 atom stereocenters. The SMILES string of the molecule is COc1cc(CC2=NNC(C(F)(F)F)=NN2)c([N+](=O)[O-])cc1OC. The van der Waals surface area contributed by atoms with Gasteiger partial charge in [-0.15, -0.1) is 5.10 Å². The first kappa shape index (κ1) is 17.3. The van der Waals surface area contributed by atoms with Crippen LogP contribution in [0.1, 0.15) is 5.56 Å². The number of ether oxygens (including phenoxy) is 2. The molecule has 2 rings (SSSR count). The Hall–Kier alpha value is -3.05. The van der Waals surface area contributed by atoms with Crippen LogP contribution in [0, 0.1) is 10.1 Å². The number of hydrogen-bond acceptors (Lipinski definition) is 8. The van der Waals surface area contributed by atoms with Crippen LogP contribution in [-0.2, 0) is 6.42 Å². The average molecular weight is 347 g/mol. The van der Waals surface area contributed by atoms with Gasteiger partial charge in [0, 0.05) is 12.0 Å². The minimum Gasteiger partial charge on any atom is -0.493 e. The molecule has 24 heavy (non-hydrogen) atoms. The Morgan fingerprint density at radius 3 is 2.25 bits per heavy atom. The first-order valence-corrected chi connectivity index (χ1v) is 6.39. The molecule has 0 radical (unpaired) electrons. The van der Waals surface area contributed by atoms with E-state index in [0.29, 0.717) is 0 Å². The van der Waals surface area contributed by atoms with Crippen molar-refractivity contribution in [3.63, 3.8) is 0 Å². The molecular formula is C12H12F3N5O4. The Morgan fingerprint density at radius 2 is 1.79 bits per heavy atom. The summed E-state index contributed by atoms with van der Waals surface area (Å²) in [6.45, 7) is 0. The molecule has 0 spiro atoms. The molecule has 9 nitrogen and oxygen atoms in total. The molecule has 0 bridgehead atoms. The lowest BCUT2D eigenvalue weighted by Gasteiger charge is -2.17. The molecule has 12 heteroatoms. The smallest absolute Gasteiger partial charge is 0.452 e. The van der Waals surface area contributed by atoms with Crippen LogP contribution in [0.2, 0.25) is 0 Å². The van der Waals surface area contributed by atoms with Crippen LogP contribution in [0.3, 0.4) is 0 Å². The minimum atomic E-state index is -4.68. The third-order valence-electron chi connectivity index (χ3n) is 3.00. The molecule has 2 N–H and O–H groups in total. The van der Waals surface area contributed by atoms with Gasteiger partial charge in [-0.1, -0.05) is 0 Å². The normalized spacial score (nSPS) is 14.0. The minimum absolute atomic E-state index is 0.0293. The fourth-order valence-electron chi connectivity index (χ4n) is 1.90. The monoisotopic (exact) mass is 347 g/mol. The number of rotatable bonds is 5. The van der Waals surface area contributed by atoms with Gasteiger partial charge in [0.25, 0.3) is 5.69 Å². The summed E-state index contributed by atoms with van der Waals surface area (Å²) in [6.07, 6.45) is -4.85. The number of nitrogens with one attached hydrogen (secondary N) is 2. The van der Waals surface area contributed by atoms with Crippen molar-refractivity contribution >= 4 is 17.4 Å². The van der Waals surface area contributed by atoms with Crippen LogP contribution >= 0.6 is 0 Å². The highest BCUT2D eigenvalue weighted by Gasteiger charge is 2.38. The molecule has 0 aromatic heterocycles. The third-order valence-corrected chi connectivity index (χ3v) is 3.00. The number of halogens is 3. The molecule has 1 aliphatic heterocycles. The number of hydrazone groups is 2. The van der Waals surface area contributed by atoms with Gasteiger partial charge in [-0.3, -0.25) is 21.0 Å². The molecule has 130 valence electrons. The van der Waals surface area contributed by atoms with E-state index in [-0.39, 0.29) is 35.0 Å². The Balaban J connectivity index is 2.27. The zero-order chi connectivity index (χ0) is 17.9. The van der Waals surface area contributed by atoms with Crippen molar-refractivity contribution in [3.05, 3.63) is 27.8 Å². The zero-order valence-corrected chi connectivity index (χ0v) is 12.5. The van der Waals surface area contributed by atoms with Crippen molar-refractivity contribution in [1.82, 2.24) is 10.9 Å².